The summed E-state index contributed by atoms with van der Waals surface area (Å²) >= 11 is 0. The van der Waals surface area contributed by atoms with Gasteiger partial charge in [0.1, 0.15) is 50.9 Å². The van der Waals surface area contributed by atoms with Crippen molar-refractivity contribution in [3.05, 3.63) is 157 Å². The molecular formula is C43H34O14S4. The van der Waals surface area contributed by atoms with Crippen LogP contribution in [0, 0.1) is 6.92 Å². The molecule has 0 atom stereocenters. The van der Waals surface area contributed by atoms with E-state index in [4.69, 9.17) is 18.9 Å². The van der Waals surface area contributed by atoms with Gasteiger partial charge in [-0.15, -0.1) is 0 Å². The Morgan fingerprint density at radius 3 is 1.48 bits per heavy atom. The number of rotatable bonds is 14. The Kier molecular flexibility index (Phi) is 11.7. The van der Waals surface area contributed by atoms with Crippen molar-refractivity contribution in [2.45, 2.75) is 42.9 Å². The van der Waals surface area contributed by atoms with E-state index >= 15 is 0 Å². The topological polar surface area (TPSA) is 214 Å². The van der Waals surface area contributed by atoms with Gasteiger partial charge in [0.15, 0.2) is 0 Å². The zero-order valence-corrected chi connectivity index (χ0v) is 35.3. The van der Waals surface area contributed by atoms with E-state index in [1.54, 1.807) is 72.8 Å². The highest BCUT2D eigenvalue weighted by molar-refractivity contribution is 7.92. The summed E-state index contributed by atoms with van der Waals surface area (Å²) in [5, 5.41) is 1.46. The van der Waals surface area contributed by atoms with Crippen molar-refractivity contribution in [3.63, 3.8) is 0 Å². The van der Waals surface area contributed by atoms with Gasteiger partial charge in [0, 0.05) is 5.56 Å². The maximum absolute atomic E-state index is 13.7. The van der Waals surface area contributed by atoms with E-state index in [2.05, 4.69) is 0 Å². The highest BCUT2D eigenvalue weighted by atomic mass is 32.2. The third kappa shape index (κ3) is 9.54. The van der Waals surface area contributed by atoms with Crippen molar-refractivity contribution in [1.29, 1.82) is 0 Å². The Morgan fingerprint density at radius 2 is 0.885 bits per heavy atom. The Labute approximate surface area is 351 Å². The van der Waals surface area contributed by atoms with Crippen molar-refractivity contribution in [1.82, 2.24) is 0 Å². The van der Waals surface area contributed by atoms with Gasteiger partial charge in [-0.05, 0) is 133 Å². The standard InChI is InChI=1S/C43H34O14S4/c1-28-3-16-37(17-4-28)58(44,45)38-19-14-33(15-20-38)56-36-9-6-29-23-35(8-5-30(29)24-36)55-27-31-7-18-39(25-42(31)60(48,49)50)59(46,47)40-21-22-41(43(26-40)61(51,52)53)57-34-12-10-32(54-2)11-13-34/h3-26H,27H2,1-2H3,(H,48,49,50)(H,51,52,53). The van der Waals surface area contributed by atoms with Gasteiger partial charge in [0.25, 0.3) is 20.2 Å². The lowest BCUT2D eigenvalue weighted by atomic mass is 10.1. The Hall–Kier alpha value is -6.28. The molecule has 14 nitrogen and oxygen atoms in total. The third-order valence-electron chi connectivity index (χ3n) is 9.30. The zero-order valence-electron chi connectivity index (χ0n) is 32.0. The molecule has 0 spiro atoms. The van der Waals surface area contributed by atoms with E-state index in [-0.39, 0.29) is 21.1 Å². The van der Waals surface area contributed by atoms with Crippen molar-refractivity contribution >= 4 is 50.7 Å². The Balaban J connectivity index is 1.07. The first-order valence-electron chi connectivity index (χ1n) is 17.9. The number of aryl methyl sites for hydroxylation is 1. The lowest BCUT2D eigenvalue weighted by Gasteiger charge is -2.14. The molecule has 7 aromatic rings. The van der Waals surface area contributed by atoms with E-state index < -0.39 is 71.8 Å². The molecule has 0 aliphatic rings. The first-order valence-corrected chi connectivity index (χ1v) is 23.7. The maximum Gasteiger partial charge on any atom is 0.298 e. The molecule has 0 aromatic heterocycles. The lowest BCUT2D eigenvalue weighted by molar-refractivity contribution is 0.302. The highest BCUT2D eigenvalue weighted by Crippen LogP contribution is 2.35. The molecule has 0 saturated heterocycles. The Bertz CT molecular complexity index is 3240. The first-order chi connectivity index (χ1) is 28.8. The minimum absolute atomic E-state index is 0.0927. The predicted octanol–water partition coefficient (Wildman–Crippen LogP) is 8.48. The van der Waals surface area contributed by atoms with Crippen LogP contribution in [-0.2, 0) is 46.5 Å². The smallest absolute Gasteiger partial charge is 0.298 e. The fourth-order valence-corrected chi connectivity index (χ4v) is 10.2. The zero-order chi connectivity index (χ0) is 43.7. The second-order valence-electron chi connectivity index (χ2n) is 13.5. The minimum atomic E-state index is -5.04. The number of benzene rings is 7. The quantitative estimate of drug-likeness (QED) is 0.0980. The minimum Gasteiger partial charge on any atom is -0.497 e. The number of sulfone groups is 2. The number of ether oxygens (including phenoxy) is 4. The largest absolute Gasteiger partial charge is 0.497 e. The molecule has 0 fully saturated rings. The van der Waals surface area contributed by atoms with E-state index in [1.807, 2.05) is 6.92 Å². The molecule has 0 aliphatic heterocycles. The number of hydrogen-bond donors (Lipinski definition) is 2. The fraction of sp³-hybridized carbons (Fsp3) is 0.0698. The van der Waals surface area contributed by atoms with E-state index in [0.717, 1.165) is 41.3 Å². The molecule has 314 valence electrons. The molecule has 61 heavy (non-hydrogen) atoms. The predicted molar refractivity (Wildman–Crippen MR) is 222 cm³/mol. The van der Waals surface area contributed by atoms with Crippen molar-refractivity contribution < 1.29 is 61.7 Å². The summed E-state index contributed by atoms with van der Waals surface area (Å²) in [6.07, 6.45) is 0. The summed E-state index contributed by atoms with van der Waals surface area (Å²) in [6, 6.07) is 34.5. The van der Waals surface area contributed by atoms with Crippen LogP contribution < -0.4 is 18.9 Å². The van der Waals surface area contributed by atoms with Crippen molar-refractivity contribution in [3.8, 4) is 34.5 Å². The Morgan fingerprint density at radius 1 is 0.443 bits per heavy atom. The SMILES string of the molecule is COc1ccc(Oc2ccc(S(=O)(=O)c3ccc(COc4ccc5cc(Oc6ccc(S(=O)(=O)c7ccc(C)cc7)cc6)ccc5c4)c(S(=O)(=O)O)c3)cc2S(=O)(=O)O)cc1. The molecule has 0 saturated carbocycles. The van der Waals surface area contributed by atoms with Crippen LogP contribution in [-0.4, -0.2) is 49.9 Å². The molecule has 0 radical (unpaired) electrons. The molecule has 18 heteroatoms. The van der Waals surface area contributed by atoms with E-state index in [0.29, 0.717) is 34.5 Å². The molecule has 7 aromatic carbocycles. The first kappa shape index (κ1) is 42.8. The number of methoxy groups -OCH3 is 1. The fourth-order valence-electron chi connectivity index (χ4n) is 6.10. The maximum atomic E-state index is 13.7. The van der Waals surface area contributed by atoms with Crippen LogP contribution in [0.15, 0.2) is 175 Å². The molecular weight excluding hydrogens is 869 g/mol. The van der Waals surface area contributed by atoms with E-state index in [1.165, 1.54) is 43.5 Å². The van der Waals surface area contributed by atoms with Crippen LogP contribution in [0.2, 0.25) is 0 Å². The van der Waals surface area contributed by atoms with Gasteiger partial charge in [-0.1, -0.05) is 35.9 Å². The molecule has 0 aliphatic carbocycles. The van der Waals surface area contributed by atoms with Gasteiger partial charge in [-0.2, -0.15) is 16.8 Å². The molecule has 0 unspecified atom stereocenters. The average Bonchev–Trinajstić information content (AvgIpc) is 3.23. The molecule has 0 heterocycles. The van der Waals surface area contributed by atoms with Gasteiger partial charge in [-0.25, -0.2) is 16.8 Å². The van der Waals surface area contributed by atoms with Crippen LogP contribution in [0.3, 0.4) is 0 Å². The summed E-state index contributed by atoms with van der Waals surface area (Å²) in [4.78, 5) is -2.57. The molecule has 7 rings (SSSR count). The van der Waals surface area contributed by atoms with Crippen LogP contribution in [0.4, 0.5) is 0 Å². The van der Waals surface area contributed by atoms with Crippen molar-refractivity contribution in [2.24, 2.45) is 0 Å². The lowest BCUT2D eigenvalue weighted by Crippen LogP contribution is -2.10. The number of hydrogen-bond acceptors (Lipinski definition) is 12. The highest BCUT2D eigenvalue weighted by Gasteiger charge is 2.27. The van der Waals surface area contributed by atoms with Gasteiger partial charge >= 0.3 is 0 Å². The second kappa shape index (κ2) is 16.6. The van der Waals surface area contributed by atoms with Crippen LogP contribution in [0.25, 0.3) is 10.8 Å². The summed E-state index contributed by atoms with van der Waals surface area (Å²) in [5.74, 6) is 1.42. The number of fused-ring (bicyclic) bond motifs is 1. The molecule has 2 N–H and O–H groups in total. The van der Waals surface area contributed by atoms with Crippen LogP contribution in [0.5, 0.6) is 34.5 Å². The molecule has 0 bridgehead atoms. The van der Waals surface area contributed by atoms with Gasteiger partial charge in [0.2, 0.25) is 19.7 Å². The monoisotopic (exact) mass is 902 g/mol. The third-order valence-corrected chi connectivity index (χ3v) is 14.6. The summed E-state index contributed by atoms with van der Waals surface area (Å²) in [6.45, 7) is 1.46. The molecule has 0 amide bonds. The van der Waals surface area contributed by atoms with Gasteiger partial charge in [-0.3, -0.25) is 9.11 Å². The van der Waals surface area contributed by atoms with Crippen LogP contribution >= 0.6 is 0 Å². The van der Waals surface area contributed by atoms with Crippen LogP contribution in [0.1, 0.15) is 11.1 Å². The normalized spacial score (nSPS) is 12.2. The van der Waals surface area contributed by atoms with Gasteiger partial charge in [0.05, 0.1) is 26.7 Å². The summed E-state index contributed by atoms with van der Waals surface area (Å²) in [7, 11) is -17.0. The average molecular weight is 903 g/mol. The van der Waals surface area contributed by atoms with Crippen molar-refractivity contribution in [2.75, 3.05) is 7.11 Å². The summed E-state index contributed by atoms with van der Waals surface area (Å²) in [5.41, 5.74) is 0.850. The van der Waals surface area contributed by atoms with Gasteiger partial charge < -0.3 is 18.9 Å². The van der Waals surface area contributed by atoms with E-state index in [9.17, 15) is 42.8 Å². The second-order valence-corrected chi connectivity index (χ2v) is 20.1. The summed E-state index contributed by atoms with van der Waals surface area (Å²) < 4.78 is 146.